The van der Waals surface area contributed by atoms with Crippen molar-refractivity contribution in [1.29, 1.82) is 0 Å². The van der Waals surface area contributed by atoms with Gasteiger partial charge in [-0.2, -0.15) is 0 Å². The summed E-state index contributed by atoms with van der Waals surface area (Å²) in [6.45, 7) is 0.146. The summed E-state index contributed by atoms with van der Waals surface area (Å²) in [7, 11) is -3.56. The van der Waals surface area contributed by atoms with Gasteiger partial charge in [0.25, 0.3) is 0 Å². The lowest BCUT2D eigenvalue weighted by atomic mass is 10.2. The molecule has 0 radical (unpaired) electrons. The van der Waals surface area contributed by atoms with E-state index in [1.54, 1.807) is 12.1 Å². The lowest BCUT2D eigenvalue weighted by molar-refractivity contribution is 0.580. The van der Waals surface area contributed by atoms with Gasteiger partial charge in [0.1, 0.15) is 6.33 Å². The van der Waals surface area contributed by atoms with E-state index in [1.165, 1.54) is 18.5 Å². The van der Waals surface area contributed by atoms with Crippen LogP contribution in [0.25, 0.3) is 0 Å². The van der Waals surface area contributed by atoms with E-state index in [-0.39, 0.29) is 11.4 Å². The number of halogens is 1. The van der Waals surface area contributed by atoms with Crippen LogP contribution in [0.3, 0.4) is 0 Å². The number of nitrogens with one attached hydrogen (secondary N) is 1. The average molecular weight is 324 g/mol. The molecule has 1 heterocycles. The second-order valence-corrected chi connectivity index (χ2v) is 7.19. The van der Waals surface area contributed by atoms with Crippen molar-refractivity contribution in [3.8, 4) is 0 Å². The van der Waals surface area contributed by atoms with Crippen molar-refractivity contribution in [1.82, 2.24) is 14.7 Å². The molecule has 1 fully saturated rings. The highest BCUT2D eigenvalue weighted by atomic mass is 35.5. The van der Waals surface area contributed by atoms with Crippen LogP contribution in [0.5, 0.6) is 0 Å². The quantitative estimate of drug-likeness (QED) is 0.917. The van der Waals surface area contributed by atoms with Crippen LogP contribution in [0.4, 0.5) is 0 Å². The standard InChI is InChI=1S/C14H14ClN3O2S/c15-11-3-5-13(6-4-11)21(19,20)18-8-12-7-14(10-1-2-10)17-9-16-12/h3-7,9-10,18H,1-2,8H2. The van der Waals surface area contributed by atoms with Crippen molar-refractivity contribution in [3.63, 3.8) is 0 Å². The number of sulfonamides is 1. The molecule has 0 spiro atoms. The highest BCUT2D eigenvalue weighted by Crippen LogP contribution is 2.38. The van der Waals surface area contributed by atoms with Crippen LogP contribution < -0.4 is 4.72 Å². The Labute approximate surface area is 128 Å². The van der Waals surface area contributed by atoms with Gasteiger partial charge in [-0.3, -0.25) is 0 Å². The molecular formula is C14H14ClN3O2S. The maximum atomic E-state index is 12.2. The lowest BCUT2D eigenvalue weighted by Gasteiger charge is -2.07. The van der Waals surface area contributed by atoms with E-state index in [2.05, 4.69) is 14.7 Å². The molecule has 0 amide bonds. The first-order valence-corrected chi connectivity index (χ1v) is 8.47. The molecule has 5 nitrogen and oxygen atoms in total. The molecule has 0 saturated heterocycles. The molecule has 110 valence electrons. The van der Waals surface area contributed by atoms with Crippen LogP contribution in [0, 0.1) is 0 Å². The Morgan fingerprint density at radius 3 is 2.57 bits per heavy atom. The minimum Gasteiger partial charge on any atom is -0.241 e. The minimum atomic E-state index is -3.56. The molecule has 1 saturated carbocycles. The third-order valence-electron chi connectivity index (χ3n) is 3.31. The van der Waals surface area contributed by atoms with Crippen LogP contribution in [0.1, 0.15) is 30.1 Å². The first-order chi connectivity index (χ1) is 10.0. The summed E-state index contributed by atoms with van der Waals surface area (Å²) in [5.41, 5.74) is 1.66. The Balaban J connectivity index is 1.71. The molecule has 0 bridgehead atoms. The predicted octanol–water partition coefficient (Wildman–Crippen LogP) is 2.49. The fourth-order valence-electron chi connectivity index (χ4n) is 1.98. The third-order valence-corrected chi connectivity index (χ3v) is 4.98. The first kappa shape index (κ1) is 14.4. The van der Waals surface area contributed by atoms with Gasteiger partial charge in [-0.25, -0.2) is 23.1 Å². The zero-order valence-corrected chi connectivity index (χ0v) is 12.7. The van der Waals surface area contributed by atoms with Gasteiger partial charge in [-0.1, -0.05) is 11.6 Å². The molecule has 0 unspecified atom stereocenters. The van der Waals surface area contributed by atoms with Crippen LogP contribution in [0.15, 0.2) is 41.6 Å². The number of benzene rings is 1. The number of rotatable bonds is 5. The Kier molecular flexibility index (Phi) is 3.93. The highest BCUT2D eigenvalue weighted by Gasteiger charge is 2.25. The lowest BCUT2D eigenvalue weighted by Crippen LogP contribution is -2.23. The van der Waals surface area contributed by atoms with Crippen molar-refractivity contribution in [2.75, 3.05) is 0 Å². The summed E-state index contributed by atoms with van der Waals surface area (Å²) in [5.74, 6) is 0.514. The van der Waals surface area contributed by atoms with E-state index in [4.69, 9.17) is 11.6 Å². The monoisotopic (exact) mass is 323 g/mol. The van der Waals surface area contributed by atoms with E-state index in [9.17, 15) is 8.42 Å². The van der Waals surface area contributed by atoms with Gasteiger partial charge in [-0.15, -0.1) is 0 Å². The molecule has 21 heavy (non-hydrogen) atoms. The molecule has 2 aromatic rings. The molecular weight excluding hydrogens is 310 g/mol. The Bertz CT molecular complexity index is 743. The van der Waals surface area contributed by atoms with Crippen molar-refractivity contribution in [2.24, 2.45) is 0 Å². The van der Waals surface area contributed by atoms with Crippen LogP contribution in [-0.4, -0.2) is 18.4 Å². The number of nitrogens with zero attached hydrogens (tertiary/aromatic N) is 2. The Morgan fingerprint density at radius 2 is 1.90 bits per heavy atom. The van der Waals surface area contributed by atoms with E-state index in [1.807, 2.05) is 6.07 Å². The molecule has 1 aromatic carbocycles. The molecule has 7 heteroatoms. The summed E-state index contributed by atoms with van der Waals surface area (Å²) >= 11 is 5.76. The van der Waals surface area contributed by atoms with Crippen LogP contribution >= 0.6 is 11.6 Å². The number of hydrogen-bond acceptors (Lipinski definition) is 4. The van der Waals surface area contributed by atoms with Gasteiger partial charge in [0.2, 0.25) is 10.0 Å². The topological polar surface area (TPSA) is 72.0 Å². The van der Waals surface area contributed by atoms with Crippen LogP contribution in [0.2, 0.25) is 5.02 Å². The first-order valence-electron chi connectivity index (χ1n) is 6.61. The highest BCUT2D eigenvalue weighted by molar-refractivity contribution is 7.89. The molecule has 0 aliphatic heterocycles. The van der Waals surface area contributed by atoms with Gasteiger partial charge in [-0.05, 0) is 43.2 Å². The van der Waals surface area contributed by atoms with Crippen molar-refractivity contribution < 1.29 is 8.42 Å². The summed E-state index contributed by atoms with van der Waals surface area (Å²) in [6, 6.07) is 7.90. The van der Waals surface area contributed by atoms with E-state index in [0.29, 0.717) is 16.6 Å². The predicted molar refractivity (Wildman–Crippen MR) is 79.5 cm³/mol. The molecule has 3 rings (SSSR count). The van der Waals surface area contributed by atoms with Crippen molar-refractivity contribution >= 4 is 21.6 Å². The number of hydrogen-bond donors (Lipinski definition) is 1. The van der Waals surface area contributed by atoms with Gasteiger partial charge < -0.3 is 0 Å². The summed E-state index contributed by atoms with van der Waals surface area (Å²) in [4.78, 5) is 8.50. The SMILES string of the molecule is O=S(=O)(NCc1cc(C2CC2)ncn1)c1ccc(Cl)cc1. The van der Waals surface area contributed by atoms with Crippen molar-refractivity contribution in [3.05, 3.63) is 53.1 Å². The second kappa shape index (κ2) is 5.71. The maximum absolute atomic E-state index is 12.2. The Hall–Kier alpha value is -1.50. The van der Waals surface area contributed by atoms with Crippen molar-refractivity contribution in [2.45, 2.75) is 30.2 Å². The molecule has 0 atom stereocenters. The van der Waals surface area contributed by atoms with E-state index >= 15 is 0 Å². The molecule has 1 aliphatic rings. The van der Waals surface area contributed by atoms with E-state index in [0.717, 1.165) is 18.5 Å². The maximum Gasteiger partial charge on any atom is 0.240 e. The molecule has 1 aliphatic carbocycles. The average Bonchev–Trinajstić information content (AvgIpc) is 3.31. The zero-order chi connectivity index (χ0) is 14.9. The zero-order valence-electron chi connectivity index (χ0n) is 11.2. The normalized spacial score (nSPS) is 15.1. The smallest absolute Gasteiger partial charge is 0.240 e. The largest absolute Gasteiger partial charge is 0.241 e. The molecule has 1 N–H and O–H groups in total. The van der Waals surface area contributed by atoms with Gasteiger partial charge in [0.05, 0.1) is 17.1 Å². The summed E-state index contributed by atoms with van der Waals surface area (Å²) < 4.78 is 26.8. The fraction of sp³-hybridized carbons (Fsp3) is 0.286. The van der Waals surface area contributed by atoms with Gasteiger partial charge in [0, 0.05) is 16.6 Å². The van der Waals surface area contributed by atoms with Gasteiger partial charge >= 0.3 is 0 Å². The minimum absolute atomic E-state index is 0.146. The number of aromatic nitrogens is 2. The third kappa shape index (κ3) is 3.58. The fourth-order valence-corrected chi connectivity index (χ4v) is 3.10. The summed E-state index contributed by atoms with van der Waals surface area (Å²) in [5, 5.41) is 0.499. The summed E-state index contributed by atoms with van der Waals surface area (Å²) in [6.07, 6.45) is 3.78. The van der Waals surface area contributed by atoms with E-state index < -0.39 is 10.0 Å². The molecule has 1 aromatic heterocycles. The van der Waals surface area contributed by atoms with Gasteiger partial charge in [0.15, 0.2) is 0 Å². The van der Waals surface area contributed by atoms with Crippen LogP contribution in [-0.2, 0) is 16.6 Å². The second-order valence-electron chi connectivity index (χ2n) is 4.99. The Morgan fingerprint density at radius 1 is 1.19 bits per heavy atom.